The first-order chi connectivity index (χ1) is 11.6. The molecule has 0 heterocycles. The molecule has 0 atom stereocenters. The second-order valence-electron chi connectivity index (χ2n) is 6.63. The van der Waals surface area contributed by atoms with Crippen molar-refractivity contribution >= 4 is 17.6 Å². The molecule has 0 spiro atoms. The smallest absolute Gasteiger partial charge is 0.338 e. The number of esters is 1. The summed E-state index contributed by atoms with van der Waals surface area (Å²) in [5.41, 5.74) is 1.47. The van der Waals surface area contributed by atoms with Crippen LogP contribution in [0.1, 0.15) is 55.3 Å². The number of nitrogens with zero attached hydrogens (tertiary/aromatic N) is 1. The molecule has 24 heavy (non-hydrogen) atoms. The number of carbonyl (C=O) groups excluding carboxylic acids is 2. The zero-order valence-corrected chi connectivity index (χ0v) is 14.7. The Hall–Kier alpha value is -2.04. The Labute approximate surface area is 144 Å². The minimum absolute atomic E-state index is 0.209. The van der Waals surface area contributed by atoms with Gasteiger partial charge in [0.15, 0.2) is 6.61 Å². The van der Waals surface area contributed by atoms with E-state index in [1.165, 1.54) is 19.3 Å². The molecule has 0 saturated heterocycles. The van der Waals surface area contributed by atoms with Crippen LogP contribution >= 0.6 is 0 Å². The predicted octanol–water partition coefficient (Wildman–Crippen LogP) is 3.14. The largest absolute Gasteiger partial charge is 0.452 e. The van der Waals surface area contributed by atoms with E-state index < -0.39 is 5.97 Å². The second kappa shape index (κ2) is 9.30. The fourth-order valence-electron chi connectivity index (χ4n) is 2.98. The van der Waals surface area contributed by atoms with Crippen molar-refractivity contribution in [3.05, 3.63) is 29.8 Å². The minimum Gasteiger partial charge on any atom is -0.452 e. The lowest BCUT2D eigenvalue weighted by molar-refractivity contribution is -0.125. The third-order valence-electron chi connectivity index (χ3n) is 4.42. The first kappa shape index (κ1) is 18.3. The first-order valence-corrected chi connectivity index (χ1v) is 8.80. The molecule has 1 aliphatic rings. The summed E-state index contributed by atoms with van der Waals surface area (Å²) in [4.78, 5) is 26.0. The average Bonchev–Trinajstić information content (AvgIpc) is 2.55. The Morgan fingerprint density at radius 1 is 1.04 bits per heavy atom. The van der Waals surface area contributed by atoms with E-state index in [0.29, 0.717) is 5.56 Å². The van der Waals surface area contributed by atoms with Crippen molar-refractivity contribution in [3.63, 3.8) is 0 Å². The number of nitrogens with one attached hydrogen (secondary N) is 1. The average molecular weight is 332 g/mol. The fourth-order valence-corrected chi connectivity index (χ4v) is 2.98. The van der Waals surface area contributed by atoms with Crippen LogP contribution < -0.4 is 10.2 Å². The van der Waals surface area contributed by atoms with Crippen LogP contribution in [0.2, 0.25) is 0 Å². The summed E-state index contributed by atoms with van der Waals surface area (Å²) in [5, 5.41) is 2.99. The lowest BCUT2D eigenvalue weighted by Gasteiger charge is -2.20. The first-order valence-electron chi connectivity index (χ1n) is 8.80. The highest BCUT2D eigenvalue weighted by atomic mass is 16.5. The standard InChI is InChI=1S/C19H28N2O3/c1-21(2)17-12-10-15(11-13-17)19(23)24-14-18(22)20-16-8-6-4-3-5-7-9-16/h10-13,16H,3-9,14H2,1-2H3,(H,20,22). The van der Waals surface area contributed by atoms with Crippen LogP contribution in [0.4, 0.5) is 5.69 Å². The van der Waals surface area contributed by atoms with Crippen LogP contribution in [-0.2, 0) is 9.53 Å². The van der Waals surface area contributed by atoms with Crippen molar-refractivity contribution in [3.8, 4) is 0 Å². The van der Waals surface area contributed by atoms with E-state index in [1.54, 1.807) is 12.1 Å². The zero-order chi connectivity index (χ0) is 17.4. The van der Waals surface area contributed by atoms with Gasteiger partial charge in [-0.15, -0.1) is 0 Å². The Kier molecular flexibility index (Phi) is 7.09. The van der Waals surface area contributed by atoms with Crippen molar-refractivity contribution in [1.29, 1.82) is 0 Å². The van der Waals surface area contributed by atoms with Gasteiger partial charge < -0.3 is 15.0 Å². The highest BCUT2D eigenvalue weighted by molar-refractivity contribution is 5.91. The number of carbonyl (C=O) groups is 2. The van der Waals surface area contributed by atoms with Gasteiger partial charge in [-0.25, -0.2) is 4.79 Å². The van der Waals surface area contributed by atoms with Crippen molar-refractivity contribution in [2.45, 2.75) is 51.0 Å². The molecule has 0 bridgehead atoms. The van der Waals surface area contributed by atoms with E-state index >= 15 is 0 Å². The number of anilines is 1. The molecule has 5 nitrogen and oxygen atoms in total. The van der Waals surface area contributed by atoms with E-state index in [2.05, 4.69) is 5.32 Å². The van der Waals surface area contributed by atoms with Gasteiger partial charge in [0, 0.05) is 25.8 Å². The van der Waals surface area contributed by atoms with Gasteiger partial charge in [-0.3, -0.25) is 4.79 Å². The number of rotatable bonds is 5. The Morgan fingerprint density at radius 3 is 2.21 bits per heavy atom. The maximum atomic E-state index is 12.0. The summed E-state index contributed by atoms with van der Waals surface area (Å²) < 4.78 is 5.12. The third kappa shape index (κ3) is 5.87. The molecule has 1 fully saturated rings. The Bertz CT molecular complexity index is 532. The predicted molar refractivity (Wildman–Crippen MR) is 95.3 cm³/mol. The van der Waals surface area contributed by atoms with Crippen LogP contribution in [0.3, 0.4) is 0 Å². The van der Waals surface area contributed by atoms with Crippen LogP contribution in [0.15, 0.2) is 24.3 Å². The summed E-state index contributed by atoms with van der Waals surface area (Å²) in [7, 11) is 3.88. The number of hydrogen-bond donors (Lipinski definition) is 1. The van der Waals surface area contributed by atoms with Crippen molar-refractivity contribution < 1.29 is 14.3 Å². The SMILES string of the molecule is CN(C)c1ccc(C(=O)OCC(=O)NC2CCCCCCC2)cc1. The molecule has 1 aromatic carbocycles. The number of hydrogen-bond acceptors (Lipinski definition) is 4. The van der Waals surface area contributed by atoms with Gasteiger partial charge in [0.05, 0.1) is 5.56 Å². The Morgan fingerprint density at radius 2 is 1.62 bits per heavy atom. The monoisotopic (exact) mass is 332 g/mol. The lowest BCUT2D eigenvalue weighted by atomic mass is 9.97. The number of benzene rings is 1. The van der Waals surface area contributed by atoms with E-state index in [4.69, 9.17) is 4.74 Å². The maximum absolute atomic E-state index is 12.0. The summed E-state index contributed by atoms with van der Waals surface area (Å²) in [6.07, 6.45) is 8.13. The van der Waals surface area contributed by atoms with Gasteiger partial charge in [-0.2, -0.15) is 0 Å². The summed E-state index contributed by atoms with van der Waals surface area (Å²) in [5.74, 6) is -0.674. The molecule has 1 aliphatic carbocycles. The van der Waals surface area contributed by atoms with E-state index in [1.807, 2.05) is 31.1 Å². The molecule has 0 unspecified atom stereocenters. The summed E-state index contributed by atoms with van der Waals surface area (Å²) in [6.45, 7) is -0.217. The zero-order valence-electron chi connectivity index (χ0n) is 14.7. The molecule has 0 radical (unpaired) electrons. The minimum atomic E-state index is -0.465. The molecule has 1 N–H and O–H groups in total. The summed E-state index contributed by atoms with van der Waals surface area (Å²) >= 11 is 0. The third-order valence-corrected chi connectivity index (χ3v) is 4.42. The summed E-state index contributed by atoms with van der Waals surface area (Å²) in [6, 6.07) is 7.35. The van der Waals surface area contributed by atoms with Crippen molar-refractivity contribution in [1.82, 2.24) is 5.32 Å². The topological polar surface area (TPSA) is 58.6 Å². The highest BCUT2D eigenvalue weighted by Crippen LogP contribution is 2.17. The molecule has 1 amide bonds. The number of ether oxygens (including phenoxy) is 1. The van der Waals surface area contributed by atoms with Gasteiger partial charge >= 0.3 is 5.97 Å². The van der Waals surface area contributed by atoms with Gasteiger partial charge in [0.25, 0.3) is 5.91 Å². The van der Waals surface area contributed by atoms with Crippen LogP contribution in [-0.4, -0.2) is 38.6 Å². The van der Waals surface area contributed by atoms with Crippen LogP contribution in [0.25, 0.3) is 0 Å². The molecule has 0 aliphatic heterocycles. The lowest BCUT2D eigenvalue weighted by Crippen LogP contribution is -2.38. The fraction of sp³-hybridized carbons (Fsp3) is 0.579. The molecule has 5 heteroatoms. The van der Waals surface area contributed by atoms with E-state index in [9.17, 15) is 9.59 Å². The molecule has 2 rings (SSSR count). The molecule has 132 valence electrons. The molecule has 1 saturated carbocycles. The highest BCUT2D eigenvalue weighted by Gasteiger charge is 2.16. The quantitative estimate of drug-likeness (QED) is 0.842. The van der Waals surface area contributed by atoms with Crippen LogP contribution in [0.5, 0.6) is 0 Å². The Balaban J connectivity index is 1.76. The van der Waals surface area contributed by atoms with E-state index in [0.717, 1.165) is 31.4 Å². The number of amides is 1. The maximum Gasteiger partial charge on any atom is 0.338 e. The van der Waals surface area contributed by atoms with Gasteiger partial charge in [0.1, 0.15) is 0 Å². The van der Waals surface area contributed by atoms with Gasteiger partial charge in [-0.05, 0) is 37.1 Å². The van der Waals surface area contributed by atoms with Gasteiger partial charge in [-0.1, -0.05) is 32.1 Å². The van der Waals surface area contributed by atoms with E-state index in [-0.39, 0.29) is 18.6 Å². The normalized spacial score (nSPS) is 15.9. The molecule has 1 aromatic rings. The van der Waals surface area contributed by atoms with Crippen molar-refractivity contribution in [2.24, 2.45) is 0 Å². The van der Waals surface area contributed by atoms with Crippen molar-refractivity contribution in [2.75, 3.05) is 25.6 Å². The molecular formula is C19H28N2O3. The molecular weight excluding hydrogens is 304 g/mol. The van der Waals surface area contributed by atoms with Gasteiger partial charge in [0.2, 0.25) is 0 Å². The second-order valence-corrected chi connectivity index (χ2v) is 6.63. The van der Waals surface area contributed by atoms with Crippen LogP contribution in [0, 0.1) is 0 Å². The molecule has 0 aromatic heterocycles.